The molecule has 1 heterocycles. The molecule has 2 atom stereocenters. The Labute approximate surface area is 159 Å². The van der Waals surface area contributed by atoms with E-state index in [9.17, 15) is 0 Å². The first kappa shape index (κ1) is 18.0. The van der Waals surface area contributed by atoms with Gasteiger partial charge in [0.25, 0.3) is 0 Å². The summed E-state index contributed by atoms with van der Waals surface area (Å²) in [4.78, 5) is 6.73. The predicted molar refractivity (Wildman–Crippen MR) is 113 cm³/mol. The van der Waals surface area contributed by atoms with Crippen LogP contribution < -0.4 is 4.98 Å². The molecule has 2 unspecified atom stereocenters. The Morgan fingerprint density at radius 1 is 0.885 bits per heavy atom. The first-order chi connectivity index (χ1) is 12.2. The molecule has 0 amide bonds. The summed E-state index contributed by atoms with van der Waals surface area (Å²) < 4.78 is 0. The van der Waals surface area contributed by atoms with Crippen molar-refractivity contribution in [2.75, 3.05) is 0 Å². The second kappa shape index (κ2) is 6.33. The molecular formula is C23H32N2Si. The molecule has 138 valence electrons. The highest BCUT2D eigenvalue weighted by Gasteiger charge is 2.45. The average Bonchev–Trinajstić information content (AvgIpc) is 3.14. The lowest BCUT2D eigenvalue weighted by Crippen LogP contribution is -2.57. The number of fused-ring (bicyclic) bond motifs is 2. The van der Waals surface area contributed by atoms with Gasteiger partial charge in [-0.05, 0) is 55.0 Å². The van der Waals surface area contributed by atoms with Crippen LogP contribution in [0, 0.1) is 0 Å². The van der Waals surface area contributed by atoms with E-state index in [1.807, 2.05) is 0 Å². The van der Waals surface area contributed by atoms with Gasteiger partial charge >= 0.3 is 0 Å². The standard InChI is InChI=1S/C23H32N2Si/c1-23(2,3)24-26(4,5)22-14-21(19-12-8-9-13-20(19)22)25-15-17-10-6-7-11-18(17)16-25/h6-13,21-22,24H,14-16H2,1-5H3. The molecule has 2 aliphatic rings. The van der Waals surface area contributed by atoms with Gasteiger partial charge in [-0.25, -0.2) is 0 Å². The van der Waals surface area contributed by atoms with Gasteiger partial charge in [0.1, 0.15) is 8.24 Å². The molecule has 0 aromatic heterocycles. The third kappa shape index (κ3) is 3.28. The highest BCUT2D eigenvalue weighted by Crippen LogP contribution is 2.49. The summed E-state index contributed by atoms with van der Waals surface area (Å²) in [6, 6.07) is 18.7. The lowest BCUT2D eigenvalue weighted by molar-refractivity contribution is 0.198. The van der Waals surface area contributed by atoms with Crippen LogP contribution in [0.4, 0.5) is 0 Å². The first-order valence-corrected chi connectivity index (χ1v) is 13.0. The van der Waals surface area contributed by atoms with Gasteiger partial charge in [0.15, 0.2) is 0 Å². The van der Waals surface area contributed by atoms with Gasteiger partial charge in [0, 0.05) is 24.7 Å². The predicted octanol–water partition coefficient (Wildman–Crippen LogP) is 5.36. The molecule has 0 bridgehead atoms. The lowest BCUT2D eigenvalue weighted by atomic mass is 10.1. The first-order valence-electron chi connectivity index (χ1n) is 9.93. The summed E-state index contributed by atoms with van der Waals surface area (Å²) in [5.41, 5.74) is 7.04. The van der Waals surface area contributed by atoms with E-state index in [0.29, 0.717) is 11.6 Å². The molecule has 1 N–H and O–H groups in total. The molecule has 3 heteroatoms. The quantitative estimate of drug-likeness (QED) is 0.737. The van der Waals surface area contributed by atoms with E-state index in [1.165, 1.54) is 17.5 Å². The van der Waals surface area contributed by atoms with E-state index >= 15 is 0 Å². The van der Waals surface area contributed by atoms with Crippen LogP contribution >= 0.6 is 0 Å². The van der Waals surface area contributed by atoms with Crippen molar-refractivity contribution in [2.24, 2.45) is 0 Å². The molecule has 2 aromatic carbocycles. The van der Waals surface area contributed by atoms with Crippen molar-refractivity contribution in [1.29, 1.82) is 0 Å². The van der Waals surface area contributed by atoms with E-state index < -0.39 is 8.24 Å². The minimum absolute atomic E-state index is 0.173. The van der Waals surface area contributed by atoms with Crippen LogP contribution in [0.15, 0.2) is 48.5 Å². The van der Waals surface area contributed by atoms with E-state index in [4.69, 9.17) is 0 Å². The Bertz CT molecular complexity index is 781. The van der Waals surface area contributed by atoms with E-state index in [1.54, 1.807) is 11.1 Å². The largest absolute Gasteiger partial charge is 0.332 e. The number of hydrogen-bond donors (Lipinski definition) is 1. The number of rotatable bonds is 3. The van der Waals surface area contributed by atoms with Crippen molar-refractivity contribution in [2.45, 2.75) is 70.5 Å². The van der Waals surface area contributed by atoms with Gasteiger partial charge < -0.3 is 4.98 Å². The zero-order valence-electron chi connectivity index (χ0n) is 16.8. The van der Waals surface area contributed by atoms with E-state index in [2.05, 4.69) is 92.3 Å². The zero-order valence-corrected chi connectivity index (χ0v) is 17.8. The third-order valence-electron chi connectivity index (χ3n) is 6.06. The molecule has 4 rings (SSSR count). The Morgan fingerprint density at radius 2 is 1.42 bits per heavy atom. The third-order valence-corrected chi connectivity index (χ3v) is 9.75. The zero-order chi connectivity index (χ0) is 18.5. The van der Waals surface area contributed by atoms with Crippen molar-refractivity contribution in [1.82, 2.24) is 9.88 Å². The molecule has 26 heavy (non-hydrogen) atoms. The van der Waals surface area contributed by atoms with Crippen LogP contribution in [0.3, 0.4) is 0 Å². The van der Waals surface area contributed by atoms with E-state index in [-0.39, 0.29) is 5.54 Å². The normalized spacial score (nSPS) is 23.1. The minimum Gasteiger partial charge on any atom is -0.332 e. The highest BCUT2D eigenvalue weighted by atomic mass is 28.3. The highest BCUT2D eigenvalue weighted by molar-refractivity contribution is 6.76. The summed E-state index contributed by atoms with van der Waals surface area (Å²) in [6.07, 6.45) is 1.26. The van der Waals surface area contributed by atoms with Crippen molar-refractivity contribution in [3.8, 4) is 0 Å². The monoisotopic (exact) mass is 364 g/mol. The maximum Gasteiger partial charge on any atom is 0.127 e. The fourth-order valence-corrected chi connectivity index (χ4v) is 9.23. The van der Waals surface area contributed by atoms with Crippen molar-refractivity contribution in [3.63, 3.8) is 0 Å². The van der Waals surface area contributed by atoms with Gasteiger partial charge in [0.05, 0.1) is 0 Å². The molecule has 1 aliphatic heterocycles. The van der Waals surface area contributed by atoms with Gasteiger partial charge in [-0.2, -0.15) is 0 Å². The van der Waals surface area contributed by atoms with Crippen LogP contribution in [0.25, 0.3) is 0 Å². The molecule has 0 fully saturated rings. The molecule has 0 saturated carbocycles. The average molecular weight is 365 g/mol. The summed E-state index contributed by atoms with van der Waals surface area (Å²) in [6.45, 7) is 14.1. The van der Waals surface area contributed by atoms with Crippen molar-refractivity contribution < 1.29 is 0 Å². The second-order valence-electron chi connectivity index (χ2n) is 9.70. The Balaban J connectivity index is 1.64. The molecule has 1 aliphatic carbocycles. The van der Waals surface area contributed by atoms with Gasteiger partial charge in [-0.1, -0.05) is 61.6 Å². The van der Waals surface area contributed by atoms with Crippen LogP contribution in [0.1, 0.15) is 61.0 Å². The maximum atomic E-state index is 4.03. The molecule has 0 saturated heterocycles. The molecule has 2 aromatic rings. The van der Waals surface area contributed by atoms with E-state index in [0.717, 1.165) is 13.1 Å². The molecular weight excluding hydrogens is 332 g/mol. The Hall–Kier alpha value is -1.42. The topological polar surface area (TPSA) is 15.3 Å². The fourth-order valence-electron chi connectivity index (χ4n) is 5.27. The summed E-state index contributed by atoms with van der Waals surface area (Å²) in [5, 5.41) is 0. The lowest BCUT2D eigenvalue weighted by Gasteiger charge is -2.38. The van der Waals surface area contributed by atoms with Crippen LogP contribution in [-0.2, 0) is 13.1 Å². The second-order valence-corrected chi connectivity index (χ2v) is 14.1. The smallest absolute Gasteiger partial charge is 0.127 e. The maximum absolute atomic E-state index is 4.03. The summed E-state index contributed by atoms with van der Waals surface area (Å²) in [5.74, 6) is 0. The number of nitrogens with zero attached hydrogens (tertiary/aromatic N) is 1. The van der Waals surface area contributed by atoms with Crippen LogP contribution in [0.5, 0.6) is 0 Å². The SMILES string of the molecule is CC(C)(C)N[Si](C)(C)C1CC(N2Cc3ccccc3C2)c2ccccc21. The van der Waals surface area contributed by atoms with Crippen LogP contribution in [0.2, 0.25) is 13.1 Å². The fraction of sp³-hybridized carbons (Fsp3) is 0.478. The van der Waals surface area contributed by atoms with Gasteiger partial charge in [-0.3, -0.25) is 4.90 Å². The summed E-state index contributed by atoms with van der Waals surface area (Å²) >= 11 is 0. The summed E-state index contributed by atoms with van der Waals surface area (Å²) in [7, 11) is -1.61. The molecule has 0 spiro atoms. The van der Waals surface area contributed by atoms with Crippen LogP contribution in [-0.4, -0.2) is 18.7 Å². The van der Waals surface area contributed by atoms with Crippen molar-refractivity contribution >= 4 is 8.24 Å². The van der Waals surface area contributed by atoms with Gasteiger partial charge in [0.2, 0.25) is 0 Å². The number of hydrogen-bond acceptors (Lipinski definition) is 2. The van der Waals surface area contributed by atoms with Crippen molar-refractivity contribution in [3.05, 3.63) is 70.8 Å². The molecule has 2 nitrogen and oxygen atoms in total. The Morgan fingerprint density at radius 3 is 2.00 bits per heavy atom. The van der Waals surface area contributed by atoms with Gasteiger partial charge in [-0.15, -0.1) is 0 Å². The number of benzene rings is 2. The Kier molecular flexibility index (Phi) is 4.37. The molecule has 0 radical (unpaired) electrons. The number of nitrogens with one attached hydrogen (secondary N) is 1. The minimum atomic E-state index is -1.61.